The third-order valence-electron chi connectivity index (χ3n) is 3.22. The summed E-state index contributed by atoms with van der Waals surface area (Å²) in [4.78, 5) is 0. The molecular weight excluding hydrogens is 275 g/mol. The maximum absolute atomic E-state index is 12.9. The predicted molar refractivity (Wildman–Crippen MR) is 78.3 cm³/mol. The molecule has 5 heteroatoms. The molecule has 2 aromatic carbocycles. The lowest BCUT2D eigenvalue weighted by Crippen LogP contribution is -2.54. The Labute approximate surface area is 119 Å². The van der Waals surface area contributed by atoms with Crippen molar-refractivity contribution in [1.29, 1.82) is 0 Å². The molecule has 0 saturated heterocycles. The molecule has 0 aromatic heterocycles. The van der Waals surface area contributed by atoms with Gasteiger partial charge in [0.25, 0.3) is 0 Å². The first-order valence-corrected chi connectivity index (χ1v) is 7.89. The zero-order chi connectivity index (χ0) is 14.6. The molecule has 3 nitrogen and oxygen atoms in total. The molecule has 2 aromatic rings. The maximum Gasteiger partial charge on any atom is 0.536 e. The van der Waals surface area contributed by atoms with E-state index in [2.05, 4.69) is 0 Å². The van der Waals surface area contributed by atoms with Gasteiger partial charge in [-0.05, 0) is 23.3 Å². The Morgan fingerprint density at radius 3 is 1.50 bits per heavy atom. The van der Waals surface area contributed by atoms with Crippen molar-refractivity contribution in [2.75, 3.05) is 21.3 Å². The number of hydrogen-bond donors (Lipinski definition) is 0. The smallest absolute Gasteiger partial charge is 0.373 e. The fraction of sp³-hybridized carbons (Fsp3) is 0.200. The fourth-order valence-corrected chi connectivity index (χ4v) is 3.89. The van der Waals surface area contributed by atoms with Crippen LogP contribution in [0.15, 0.2) is 48.5 Å². The minimum Gasteiger partial charge on any atom is -0.373 e. The van der Waals surface area contributed by atoms with Crippen molar-refractivity contribution in [3.63, 3.8) is 0 Å². The van der Waals surface area contributed by atoms with Crippen LogP contribution in [-0.2, 0) is 13.3 Å². The highest BCUT2D eigenvalue weighted by Gasteiger charge is 2.40. The summed E-state index contributed by atoms with van der Waals surface area (Å²) in [5, 5.41) is 0.885. The quantitative estimate of drug-likeness (QED) is 0.793. The van der Waals surface area contributed by atoms with Gasteiger partial charge in [0.1, 0.15) is 5.82 Å². The van der Waals surface area contributed by atoms with E-state index in [0.29, 0.717) is 0 Å². The lowest BCUT2D eigenvalue weighted by Gasteiger charge is -2.24. The van der Waals surface area contributed by atoms with Crippen molar-refractivity contribution in [1.82, 2.24) is 0 Å². The predicted octanol–water partition coefficient (Wildman–Crippen LogP) is 2.58. The van der Waals surface area contributed by atoms with Gasteiger partial charge in [-0.15, -0.1) is 0 Å². The highest BCUT2D eigenvalue weighted by molar-refractivity contribution is 6.75. The first-order valence-electron chi connectivity index (χ1n) is 6.17. The minimum atomic E-state index is -2.79. The van der Waals surface area contributed by atoms with Gasteiger partial charge in [0.15, 0.2) is 0 Å². The molecule has 0 bridgehead atoms. The van der Waals surface area contributed by atoms with Gasteiger partial charge in [-0.3, -0.25) is 0 Å². The third-order valence-corrected chi connectivity index (χ3v) is 5.88. The van der Waals surface area contributed by atoms with Gasteiger partial charge in [0.2, 0.25) is 0 Å². The van der Waals surface area contributed by atoms with E-state index in [9.17, 15) is 4.39 Å². The molecule has 0 spiro atoms. The molecule has 20 heavy (non-hydrogen) atoms. The topological polar surface area (TPSA) is 27.7 Å². The van der Waals surface area contributed by atoms with Crippen LogP contribution in [-0.4, -0.2) is 30.1 Å². The fourth-order valence-electron chi connectivity index (χ4n) is 2.11. The lowest BCUT2D eigenvalue weighted by molar-refractivity contribution is 0.140. The SMILES string of the molecule is CO[Si](OC)(OC)c1ccc(-c2ccc(F)cc2)cc1. The monoisotopic (exact) mass is 292 g/mol. The maximum atomic E-state index is 12.9. The molecule has 0 aliphatic rings. The average molecular weight is 292 g/mol. The second kappa shape index (κ2) is 6.28. The Kier molecular flexibility index (Phi) is 4.67. The Morgan fingerprint density at radius 2 is 1.10 bits per heavy atom. The minimum absolute atomic E-state index is 0.241. The lowest BCUT2D eigenvalue weighted by atomic mass is 10.1. The molecule has 0 amide bonds. The zero-order valence-electron chi connectivity index (χ0n) is 11.7. The summed E-state index contributed by atoms with van der Waals surface area (Å²) in [7, 11) is 1.94. The summed E-state index contributed by atoms with van der Waals surface area (Å²) in [6.07, 6.45) is 0. The van der Waals surface area contributed by atoms with Crippen LogP contribution in [0.5, 0.6) is 0 Å². The van der Waals surface area contributed by atoms with Gasteiger partial charge in [0.05, 0.1) is 0 Å². The summed E-state index contributed by atoms with van der Waals surface area (Å²) >= 11 is 0. The van der Waals surface area contributed by atoms with Gasteiger partial charge >= 0.3 is 8.80 Å². The Hall–Kier alpha value is -1.53. The first-order chi connectivity index (χ1) is 9.65. The zero-order valence-corrected chi connectivity index (χ0v) is 12.7. The summed E-state index contributed by atoms with van der Waals surface area (Å²) in [6, 6.07) is 14.1. The van der Waals surface area contributed by atoms with Crippen LogP contribution in [0.2, 0.25) is 0 Å². The number of hydrogen-bond acceptors (Lipinski definition) is 3. The van der Waals surface area contributed by atoms with Crippen LogP contribution >= 0.6 is 0 Å². The molecule has 0 unspecified atom stereocenters. The summed E-state index contributed by atoms with van der Waals surface area (Å²) in [5.41, 5.74) is 1.96. The van der Waals surface area contributed by atoms with Crippen molar-refractivity contribution in [3.8, 4) is 11.1 Å². The average Bonchev–Trinajstić information content (AvgIpc) is 2.51. The van der Waals surface area contributed by atoms with E-state index >= 15 is 0 Å². The van der Waals surface area contributed by atoms with E-state index in [4.69, 9.17) is 13.3 Å². The van der Waals surface area contributed by atoms with Gasteiger partial charge in [-0.2, -0.15) is 0 Å². The third kappa shape index (κ3) is 2.81. The Morgan fingerprint density at radius 1 is 0.700 bits per heavy atom. The summed E-state index contributed by atoms with van der Waals surface area (Å²) in [5.74, 6) is -0.241. The molecule has 0 atom stereocenters. The van der Waals surface area contributed by atoms with Crippen LogP contribution in [0.4, 0.5) is 4.39 Å². The standard InChI is InChI=1S/C15H17FO3Si/c1-17-20(18-2,19-3)15-10-6-13(7-11-15)12-4-8-14(16)9-5-12/h4-11H,1-3H3. The van der Waals surface area contributed by atoms with Crippen molar-refractivity contribution in [3.05, 3.63) is 54.3 Å². The first kappa shape index (κ1) is 14.9. The molecule has 0 radical (unpaired) electrons. The molecule has 0 N–H and O–H groups in total. The summed E-state index contributed by atoms with van der Waals surface area (Å²) in [6.45, 7) is 0. The largest absolute Gasteiger partial charge is 0.536 e. The van der Waals surface area contributed by atoms with E-state index in [0.717, 1.165) is 16.3 Å². The van der Waals surface area contributed by atoms with Crippen molar-refractivity contribution >= 4 is 14.0 Å². The van der Waals surface area contributed by atoms with Gasteiger partial charge in [-0.25, -0.2) is 4.39 Å². The van der Waals surface area contributed by atoms with Crippen LogP contribution in [0.1, 0.15) is 0 Å². The highest BCUT2D eigenvalue weighted by atomic mass is 28.4. The second-order valence-corrected chi connectivity index (χ2v) is 7.17. The van der Waals surface area contributed by atoms with Crippen LogP contribution < -0.4 is 5.19 Å². The van der Waals surface area contributed by atoms with Crippen LogP contribution in [0, 0.1) is 5.82 Å². The van der Waals surface area contributed by atoms with Crippen molar-refractivity contribution < 1.29 is 17.7 Å². The van der Waals surface area contributed by atoms with Crippen molar-refractivity contribution in [2.24, 2.45) is 0 Å². The van der Waals surface area contributed by atoms with Crippen LogP contribution in [0.25, 0.3) is 11.1 Å². The molecule has 0 heterocycles. The van der Waals surface area contributed by atoms with E-state index in [-0.39, 0.29) is 5.82 Å². The Balaban J connectivity index is 2.32. The number of rotatable bonds is 5. The van der Waals surface area contributed by atoms with E-state index in [1.165, 1.54) is 12.1 Å². The molecule has 2 rings (SSSR count). The highest BCUT2D eigenvalue weighted by Crippen LogP contribution is 2.19. The van der Waals surface area contributed by atoms with E-state index in [1.54, 1.807) is 33.5 Å². The van der Waals surface area contributed by atoms with Gasteiger partial charge < -0.3 is 13.3 Å². The normalized spacial score (nSPS) is 11.6. The molecule has 0 fully saturated rings. The molecular formula is C15H17FO3Si. The van der Waals surface area contributed by atoms with Gasteiger partial charge in [0, 0.05) is 26.5 Å². The Bertz CT molecular complexity index is 542. The number of halogens is 1. The van der Waals surface area contributed by atoms with Gasteiger partial charge in [-0.1, -0.05) is 36.4 Å². The molecule has 0 saturated carbocycles. The van der Waals surface area contributed by atoms with E-state index < -0.39 is 8.80 Å². The molecule has 0 aliphatic heterocycles. The van der Waals surface area contributed by atoms with Crippen LogP contribution in [0.3, 0.4) is 0 Å². The van der Waals surface area contributed by atoms with E-state index in [1.807, 2.05) is 24.3 Å². The number of benzene rings is 2. The van der Waals surface area contributed by atoms with Crippen molar-refractivity contribution in [2.45, 2.75) is 0 Å². The molecule has 0 aliphatic carbocycles. The second-order valence-electron chi connectivity index (χ2n) is 4.25. The summed E-state index contributed by atoms with van der Waals surface area (Å²) < 4.78 is 29.2. The molecule has 106 valence electrons.